The summed E-state index contributed by atoms with van der Waals surface area (Å²) in [5.41, 5.74) is 0.0311. The highest BCUT2D eigenvalue weighted by molar-refractivity contribution is 6.09. The Morgan fingerprint density at radius 1 is 1.31 bits per heavy atom. The molecule has 1 aromatic rings. The Morgan fingerprint density at radius 2 is 2.07 bits per heavy atom. The van der Waals surface area contributed by atoms with Crippen molar-refractivity contribution in [2.45, 2.75) is 58.5 Å². The van der Waals surface area contributed by atoms with E-state index in [1.807, 2.05) is 19.1 Å². The Hall–Kier alpha value is -2.64. The van der Waals surface area contributed by atoms with E-state index in [1.165, 1.54) is 0 Å². The first kappa shape index (κ1) is 21.1. The highest BCUT2D eigenvalue weighted by atomic mass is 16.2. The normalized spacial score (nSPS) is 24.0. The molecule has 29 heavy (non-hydrogen) atoms. The maximum absolute atomic E-state index is 12.9. The van der Waals surface area contributed by atoms with Crippen molar-refractivity contribution in [2.24, 2.45) is 5.92 Å². The lowest BCUT2D eigenvalue weighted by atomic mass is 9.73. The Balaban J connectivity index is 1.55. The van der Waals surface area contributed by atoms with Crippen molar-refractivity contribution in [3.8, 4) is 0 Å². The molecule has 8 heteroatoms. The summed E-state index contributed by atoms with van der Waals surface area (Å²) >= 11 is 0. The molecule has 8 nitrogen and oxygen atoms in total. The quantitative estimate of drug-likeness (QED) is 0.682. The van der Waals surface area contributed by atoms with Crippen LogP contribution in [0.4, 0.5) is 10.6 Å². The van der Waals surface area contributed by atoms with Crippen molar-refractivity contribution >= 4 is 23.7 Å². The number of amides is 4. The van der Waals surface area contributed by atoms with Gasteiger partial charge in [-0.25, -0.2) is 9.78 Å². The van der Waals surface area contributed by atoms with Crippen LogP contribution in [0.1, 0.15) is 52.0 Å². The van der Waals surface area contributed by atoms with Crippen LogP contribution >= 0.6 is 0 Å². The molecule has 0 radical (unpaired) electrons. The second-order valence-electron chi connectivity index (χ2n) is 7.91. The van der Waals surface area contributed by atoms with Crippen molar-refractivity contribution in [2.75, 3.05) is 24.5 Å². The highest BCUT2D eigenvalue weighted by Crippen LogP contribution is 2.38. The van der Waals surface area contributed by atoms with Gasteiger partial charge in [-0.3, -0.25) is 14.5 Å². The van der Waals surface area contributed by atoms with E-state index < -0.39 is 11.6 Å². The fraction of sp³-hybridized carbons (Fsp3) is 0.619. The van der Waals surface area contributed by atoms with Crippen LogP contribution in [-0.4, -0.2) is 52.9 Å². The van der Waals surface area contributed by atoms with Crippen LogP contribution in [0.25, 0.3) is 0 Å². The van der Waals surface area contributed by atoms with Gasteiger partial charge >= 0.3 is 6.03 Å². The number of nitrogens with one attached hydrogen (secondary N) is 2. The summed E-state index contributed by atoms with van der Waals surface area (Å²) in [6.07, 6.45) is 5.25. The number of aromatic nitrogens is 1. The molecule has 2 aliphatic rings. The van der Waals surface area contributed by atoms with Crippen LogP contribution in [0.3, 0.4) is 0 Å². The predicted molar refractivity (Wildman–Crippen MR) is 110 cm³/mol. The molecule has 1 aromatic heterocycles. The second-order valence-corrected chi connectivity index (χ2v) is 7.91. The number of urea groups is 1. The van der Waals surface area contributed by atoms with Gasteiger partial charge in [0.05, 0.1) is 0 Å². The van der Waals surface area contributed by atoms with Gasteiger partial charge in [0.2, 0.25) is 5.91 Å². The zero-order valence-corrected chi connectivity index (χ0v) is 17.5. The first-order valence-electron chi connectivity index (χ1n) is 10.5. The molecular weight excluding hydrogens is 370 g/mol. The molecule has 1 aliphatic heterocycles. The number of carbonyl (C=O) groups is 3. The zero-order valence-electron chi connectivity index (χ0n) is 17.5. The Morgan fingerprint density at radius 3 is 2.69 bits per heavy atom. The smallest absolute Gasteiger partial charge is 0.325 e. The van der Waals surface area contributed by atoms with Gasteiger partial charge in [0, 0.05) is 25.8 Å². The molecule has 2 unspecified atom stereocenters. The molecule has 3 rings (SSSR count). The average molecular weight is 402 g/mol. The van der Waals surface area contributed by atoms with E-state index in [2.05, 4.69) is 34.4 Å². The van der Waals surface area contributed by atoms with Gasteiger partial charge in [0.1, 0.15) is 17.9 Å². The summed E-state index contributed by atoms with van der Waals surface area (Å²) in [7, 11) is 0. The number of carbonyl (C=O) groups excluding carboxylic acids is 3. The Kier molecular flexibility index (Phi) is 6.39. The first-order valence-corrected chi connectivity index (χ1v) is 10.5. The third-order valence-corrected chi connectivity index (χ3v) is 6.19. The van der Waals surface area contributed by atoms with Crippen LogP contribution in [0.5, 0.6) is 0 Å². The molecule has 2 fully saturated rings. The van der Waals surface area contributed by atoms with Crippen molar-refractivity contribution < 1.29 is 14.4 Å². The molecule has 1 saturated carbocycles. The molecule has 1 saturated heterocycles. The van der Waals surface area contributed by atoms with Gasteiger partial charge < -0.3 is 15.5 Å². The number of hydrogen-bond donors (Lipinski definition) is 2. The van der Waals surface area contributed by atoms with Crippen LogP contribution < -0.4 is 15.5 Å². The van der Waals surface area contributed by atoms with Crippen LogP contribution in [-0.2, 0) is 16.1 Å². The van der Waals surface area contributed by atoms with Crippen molar-refractivity contribution in [1.29, 1.82) is 0 Å². The topological polar surface area (TPSA) is 94.6 Å². The molecule has 2 heterocycles. The minimum Gasteiger partial charge on any atom is -0.357 e. The number of hydrogen-bond acceptors (Lipinski definition) is 5. The molecule has 0 bridgehead atoms. The summed E-state index contributed by atoms with van der Waals surface area (Å²) in [6.45, 7) is 7.95. The molecule has 1 aliphatic carbocycles. The number of rotatable bonds is 7. The Bertz CT molecular complexity index is 762. The maximum atomic E-state index is 12.9. The maximum Gasteiger partial charge on any atom is 0.325 e. The third kappa shape index (κ3) is 4.21. The van der Waals surface area contributed by atoms with E-state index >= 15 is 0 Å². The minimum absolute atomic E-state index is 0.0798. The monoisotopic (exact) mass is 401 g/mol. The predicted octanol–water partition coefficient (Wildman–Crippen LogP) is 2.04. The van der Waals surface area contributed by atoms with E-state index in [0.717, 1.165) is 48.6 Å². The van der Waals surface area contributed by atoms with Crippen LogP contribution in [0.2, 0.25) is 0 Å². The second kappa shape index (κ2) is 8.80. The van der Waals surface area contributed by atoms with Crippen molar-refractivity contribution in [3.05, 3.63) is 23.9 Å². The van der Waals surface area contributed by atoms with E-state index in [0.29, 0.717) is 13.0 Å². The molecule has 2 N–H and O–H groups in total. The fourth-order valence-electron chi connectivity index (χ4n) is 4.30. The summed E-state index contributed by atoms with van der Waals surface area (Å²) in [6, 6.07) is 3.39. The van der Waals surface area contributed by atoms with Crippen LogP contribution in [0.15, 0.2) is 18.3 Å². The van der Waals surface area contributed by atoms with Crippen LogP contribution in [0, 0.1) is 5.92 Å². The summed E-state index contributed by atoms with van der Waals surface area (Å²) in [4.78, 5) is 45.3. The van der Waals surface area contributed by atoms with Gasteiger partial charge in [-0.15, -0.1) is 0 Å². The number of nitrogens with zero attached hydrogens (tertiary/aromatic N) is 3. The van der Waals surface area contributed by atoms with Gasteiger partial charge in [0.15, 0.2) is 0 Å². The van der Waals surface area contributed by atoms with Gasteiger partial charge in [-0.05, 0) is 44.2 Å². The molecule has 2 atom stereocenters. The SMILES string of the molecule is CCN(CC)c1ccc(CNC(=O)CN2C(=O)NC3(CCCCC3C)C2=O)cn1. The summed E-state index contributed by atoms with van der Waals surface area (Å²) in [5.74, 6) is 0.351. The van der Waals surface area contributed by atoms with Gasteiger partial charge in [-0.2, -0.15) is 0 Å². The summed E-state index contributed by atoms with van der Waals surface area (Å²) < 4.78 is 0. The van der Waals surface area contributed by atoms with Gasteiger partial charge in [0.25, 0.3) is 5.91 Å². The fourth-order valence-corrected chi connectivity index (χ4v) is 4.30. The largest absolute Gasteiger partial charge is 0.357 e. The van der Waals surface area contributed by atoms with E-state index in [4.69, 9.17) is 0 Å². The Labute approximate surface area is 172 Å². The van der Waals surface area contributed by atoms with Gasteiger partial charge in [-0.1, -0.05) is 25.8 Å². The molecular formula is C21H31N5O3. The van der Waals surface area contributed by atoms with Crippen molar-refractivity contribution in [3.63, 3.8) is 0 Å². The van der Waals surface area contributed by atoms with E-state index in [-0.39, 0.29) is 24.3 Å². The van der Waals surface area contributed by atoms with E-state index in [9.17, 15) is 14.4 Å². The molecule has 158 valence electrons. The van der Waals surface area contributed by atoms with Crippen molar-refractivity contribution in [1.82, 2.24) is 20.5 Å². The lowest BCUT2D eigenvalue weighted by molar-refractivity contribution is -0.137. The molecule has 0 aromatic carbocycles. The lowest BCUT2D eigenvalue weighted by Crippen LogP contribution is -2.54. The minimum atomic E-state index is -0.834. The first-order chi connectivity index (χ1) is 13.9. The highest BCUT2D eigenvalue weighted by Gasteiger charge is 2.55. The van der Waals surface area contributed by atoms with E-state index in [1.54, 1.807) is 6.20 Å². The number of imide groups is 1. The number of anilines is 1. The zero-order chi connectivity index (χ0) is 21.0. The lowest BCUT2D eigenvalue weighted by Gasteiger charge is -2.36. The molecule has 1 spiro atoms. The summed E-state index contributed by atoms with van der Waals surface area (Å²) in [5, 5.41) is 5.65. The molecule has 4 amide bonds. The third-order valence-electron chi connectivity index (χ3n) is 6.19. The number of pyridine rings is 1. The average Bonchev–Trinajstić information content (AvgIpc) is 2.95. The standard InChI is InChI=1S/C21H31N5O3/c1-4-25(5-2)17-10-9-16(12-22-17)13-23-18(27)14-26-19(28)21(24-20(26)29)11-7-6-8-15(21)3/h9-10,12,15H,4-8,11,13-14H2,1-3H3,(H,23,27)(H,24,29).